The van der Waals surface area contributed by atoms with Gasteiger partial charge in [-0.3, -0.25) is 0 Å². The summed E-state index contributed by atoms with van der Waals surface area (Å²) in [5.74, 6) is -0.961. The molecule has 0 aromatic rings. The summed E-state index contributed by atoms with van der Waals surface area (Å²) in [7, 11) is 0. The lowest BCUT2D eigenvalue weighted by Crippen LogP contribution is -2.50. The van der Waals surface area contributed by atoms with Crippen LogP contribution < -0.4 is 5.32 Å². The van der Waals surface area contributed by atoms with E-state index in [0.29, 0.717) is 13.0 Å². The molecule has 0 rings (SSSR count). The second-order valence-electron chi connectivity index (χ2n) is 4.53. The number of nitrogens with zero attached hydrogens (tertiary/aromatic N) is 1. The zero-order valence-corrected chi connectivity index (χ0v) is 11.9. The van der Waals surface area contributed by atoms with Crippen molar-refractivity contribution in [3.8, 4) is 0 Å². The zero-order chi connectivity index (χ0) is 14.1. The lowest BCUT2D eigenvalue weighted by Gasteiger charge is -2.28. The average molecular weight is 258 g/mol. The van der Waals surface area contributed by atoms with Crippen molar-refractivity contribution in [2.45, 2.75) is 65.5 Å². The lowest BCUT2D eigenvalue weighted by molar-refractivity contribution is -0.139. The Balaban J connectivity index is 4.51. The maximum Gasteiger partial charge on any atom is 0.326 e. The van der Waals surface area contributed by atoms with Gasteiger partial charge < -0.3 is 15.3 Å². The van der Waals surface area contributed by atoms with Crippen LogP contribution in [0.25, 0.3) is 0 Å². The highest BCUT2D eigenvalue weighted by molar-refractivity contribution is 5.82. The Kier molecular flexibility index (Phi) is 8.16. The quantitative estimate of drug-likeness (QED) is 0.702. The second kappa shape index (κ2) is 8.78. The fourth-order valence-electron chi connectivity index (χ4n) is 1.77. The van der Waals surface area contributed by atoms with Crippen LogP contribution >= 0.6 is 0 Å². The number of carbonyl (C=O) groups is 2. The van der Waals surface area contributed by atoms with Gasteiger partial charge in [0, 0.05) is 12.6 Å². The molecular formula is C13H26N2O3. The summed E-state index contributed by atoms with van der Waals surface area (Å²) in [6.07, 6.45) is 3.05. The molecule has 0 aliphatic carbocycles. The van der Waals surface area contributed by atoms with Crippen LogP contribution in [0.15, 0.2) is 0 Å². The van der Waals surface area contributed by atoms with Gasteiger partial charge in [-0.25, -0.2) is 9.59 Å². The highest BCUT2D eigenvalue weighted by Gasteiger charge is 2.23. The van der Waals surface area contributed by atoms with Crippen molar-refractivity contribution in [2.24, 2.45) is 0 Å². The maximum absolute atomic E-state index is 12.0. The first kappa shape index (κ1) is 16.7. The molecule has 0 saturated heterocycles. The molecule has 5 heteroatoms. The number of nitrogens with one attached hydrogen (secondary N) is 1. The van der Waals surface area contributed by atoms with Gasteiger partial charge in [-0.2, -0.15) is 0 Å². The van der Waals surface area contributed by atoms with Crippen molar-refractivity contribution in [1.29, 1.82) is 0 Å². The van der Waals surface area contributed by atoms with E-state index < -0.39 is 12.0 Å². The third-order valence-corrected chi connectivity index (χ3v) is 3.17. The third-order valence-electron chi connectivity index (χ3n) is 3.17. The molecule has 0 spiro atoms. The standard InChI is InChI=1S/C13H26N2O3/c1-5-8-9-11(12(16)17)14-13(18)15(7-3)10(4)6-2/h10-11H,5-9H2,1-4H3,(H,14,18)(H,16,17)/t10?,11-/m0/s1. The molecular weight excluding hydrogens is 232 g/mol. The van der Waals surface area contributed by atoms with Gasteiger partial charge in [0.15, 0.2) is 0 Å². The van der Waals surface area contributed by atoms with E-state index in [2.05, 4.69) is 5.32 Å². The number of unbranched alkanes of at least 4 members (excludes halogenated alkanes) is 1. The summed E-state index contributed by atoms with van der Waals surface area (Å²) < 4.78 is 0. The van der Waals surface area contributed by atoms with E-state index in [1.54, 1.807) is 4.90 Å². The first-order valence-electron chi connectivity index (χ1n) is 6.77. The first-order valence-corrected chi connectivity index (χ1v) is 6.77. The molecule has 5 nitrogen and oxygen atoms in total. The Morgan fingerprint density at radius 1 is 1.28 bits per heavy atom. The summed E-state index contributed by atoms with van der Waals surface area (Å²) in [5, 5.41) is 11.7. The van der Waals surface area contributed by atoms with Crippen LogP contribution in [0.2, 0.25) is 0 Å². The summed E-state index contributed by atoms with van der Waals surface area (Å²) in [6, 6.07) is -0.943. The van der Waals surface area contributed by atoms with Gasteiger partial charge in [-0.15, -0.1) is 0 Å². The van der Waals surface area contributed by atoms with Gasteiger partial charge in [0.2, 0.25) is 0 Å². The molecule has 0 aromatic carbocycles. The van der Waals surface area contributed by atoms with Crippen molar-refractivity contribution in [3.63, 3.8) is 0 Å². The van der Waals surface area contributed by atoms with E-state index in [1.807, 2.05) is 27.7 Å². The normalized spacial score (nSPS) is 13.8. The average Bonchev–Trinajstić information content (AvgIpc) is 2.34. The largest absolute Gasteiger partial charge is 0.480 e. The Labute approximate surface area is 110 Å². The van der Waals surface area contributed by atoms with Crippen LogP contribution in [0.4, 0.5) is 4.79 Å². The minimum Gasteiger partial charge on any atom is -0.480 e. The molecule has 2 N–H and O–H groups in total. The molecule has 0 aliphatic rings. The molecule has 0 fully saturated rings. The number of carboxylic acids is 1. The number of hydrogen-bond donors (Lipinski definition) is 2. The number of rotatable bonds is 8. The van der Waals surface area contributed by atoms with Gasteiger partial charge in [0.25, 0.3) is 0 Å². The first-order chi connectivity index (χ1) is 8.47. The van der Waals surface area contributed by atoms with E-state index in [4.69, 9.17) is 5.11 Å². The van der Waals surface area contributed by atoms with Crippen LogP contribution in [0, 0.1) is 0 Å². The Bertz CT molecular complexity index is 269. The molecule has 2 amide bonds. The number of hydrogen-bond acceptors (Lipinski definition) is 2. The lowest BCUT2D eigenvalue weighted by atomic mass is 10.1. The molecule has 106 valence electrons. The molecule has 0 radical (unpaired) electrons. The van der Waals surface area contributed by atoms with Crippen LogP contribution in [0.1, 0.15) is 53.4 Å². The summed E-state index contributed by atoms with van der Waals surface area (Å²) in [5.41, 5.74) is 0. The van der Waals surface area contributed by atoms with E-state index in [9.17, 15) is 9.59 Å². The van der Waals surface area contributed by atoms with E-state index in [1.165, 1.54) is 0 Å². The highest BCUT2D eigenvalue weighted by Crippen LogP contribution is 2.06. The number of amides is 2. The predicted molar refractivity (Wildman–Crippen MR) is 71.6 cm³/mol. The van der Waals surface area contributed by atoms with Crippen molar-refractivity contribution < 1.29 is 14.7 Å². The van der Waals surface area contributed by atoms with Gasteiger partial charge in [0.05, 0.1) is 0 Å². The van der Waals surface area contributed by atoms with Crippen molar-refractivity contribution >= 4 is 12.0 Å². The molecule has 0 bridgehead atoms. The third kappa shape index (κ3) is 5.38. The Morgan fingerprint density at radius 3 is 2.28 bits per heavy atom. The number of aliphatic carboxylic acids is 1. The Morgan fingerprint density at radius 2 is 1.89 bits per heavy atom. The second-order valence-corrected chi connectivity index (χ2v) is 4.53. The molecule has 2 atom stereocenters. The fraction of sp³-hybridized carbons (Fsp3) is 0.846. The monoisotopic (exact) mass is 258 g/mol. The van der Waals surface area contributed by atoms with Crippen LogP contribution in [0.3, 0.4) is 0 Å². The van der Waals surface area contributed by atoms with Crippen LogP contribution in [-0.2, 0) is 4.79 Å². The molecule has 0 aliphatic heterocycles. The minimum absolute atomic E-state index is 0.121. The van der Waals surface area contributed by atoms with E-state index >= 15 is 0 Å². The van der Waals surface area contributed by atoms with Gasteiger partial charge in [-0.05, 0) is 26.7 Å². The molecule has 0 heterocycles. The van der Waals surface area contributed by atoms with Gasteiger partial charge in [0.1, 0.15) is 6.04 Å². The number of carboxylic acid groups (broad SMARTS) is 1. The van der Waals surface area contributed by atoms with E-state index in [-0.39, 0.29) is 12.1 Å². The van der Waals surface area contributed by atoms with Crippen molar-refractivity contribution in [3.05, 3.63) is 0 Å². The van der Waals surface area contributed by atoms with Crippen molar-refractivity contribution in [1.82, 2.24) is 10.2 Å². The van der Waals surface area contributed by atoms with Crippen molar-refractivity contribution in [2.75, 3.05) is 6.54 Å². The van der Waals surface area contributed by atoms with Crippen LogP contribution in [0.5, 0.6) is 0 Å². The molecule has 0 saturated carbocycles. The summed E-state index contributed by atoms with van der Waals surface area (Å²) in [4.78, 5) is 24.7. The molecule has 0 aromatic heterocycles. The summed E-state index contributed by atoms with van der Waals surface area (Å²) in [6.45, 7) is 8.45. The topological polar surface area (TPSA) is 69.6 Å². The maximum atomic E-state index is 12.0. The Hall–Kier alpha value is -1.26. The van der Waals surface area contributed by atoms with Gasteiger partial charge in [-0.1, -0.05) is 26.7 Å². The smallest absolute Gasteiger partial charge is 0.326 e. The highest BCUT2D eigenvalue weighted by atomic mass is 16.4. The summed E-state index contributed by atoms with van der Waals surface area (Å²) >= 11 is 0. The minimum atomic E-state index is -0.961. The van der Waals surface area contributed by atoms with E-state index in [0.717, 1.165) is 19.3 Å². The molecule has 1 unspecified atom stereocenters. The SMILES string of the molecule is CCCC[C@H](NC(=O)N(CC)C(C)CC)C(=O)O. The predicted octanol–water partition coefficient (Wildman–Crippen LogP) is 2.46. The number of urea groups is 1. The van der Waals surface area contributed by atoms with Crippen LogP contribution in [-0.4, -0.2) is 40.6 Å². The fourth-order valence-corrected chi connectivity index (χ4v) is 1.77. The van der Waals surface area contributed by atoms with Gasteiger partial charge >= 0.3 is 12.0 Å². The molecule has 18 heavy (non-hydrogen) atoms. The number of carbonyl (C=O) groups excluding carboxylic acids is 1. The zero-order valence-electron chi connectivity index (χ0n) is 11.9.